The molecule has 2 N–H and O–H groups in total. The second kappa shape index (κ2) is 5.94. The van der Waals surface area contributed by atoms with Gasteiger partial charge in [0.2, 0.25) is 5.88 Å². The topological polar surface area (TPSA) is 61.0 Å². The molecule has 0 atom stereocenters. The Labute approximate surface area is 143 Å². The highest BCUT2D eigenvalue weighted by Gasteiger charge is 2.15. The van der Waals surface area contributed by atoms with Crippen LogP contribution >= 0.6 is 11.3 Å². The quantitative estimate of drug-likeness (QED) is 0.594. The summed E-state index contributed by atoms with van der Waals surface area (Å²) in [6, 6.07) is 14.1. The van der Waals surface area contributed by atoms with Gasteiger partial charge in [0.25, 0.3) is 0 Å². The Bertz CT molecular complexity index is 994. The predicted molar refractivity (Wildman–Crippen MR) is 99.3 cm³/mol. The molecule has 1 aromatic carbocycles. The van der Waals surface area contributed by atoms with Gasteiger partial charge in [-0.25, -0.2) is 9.97 Å². The molecular formula is C19H15N3OS. The van der Waals surface area contributed by atoms with E-state index in [4.69, 9.17) is 10.5 Å². The summed E-state index contributed by atoms with van der Waals surface area (Å²) in [5.74, 6) is 1.14. The second-order valence-electron chi connectivity index (χ2n) is 5.37. The summed E-state index contributed by atoms with van der Waals surface area (Å²) in [5.41, 5.74) is 10.5. The van der Waals surface area contributed by atoms with Crippen LogP contribution in [0.2, 0.25) is 0 Å². The molecular weight excluding hydrogens is 318 g/mol. The van der Waals surface area contributed by atoms with E-state index in [2.05, 4.69) is 27.5 Å². The van der Waals surface area contributed by atoms with Gasteiger partial charge in [-0.3, -0.25) is 0 Å². The van der Waals surface area contributed by atoms with Gasteiger partial charge in [-0.1, -0.05) is 30.3 Å². The number of nitrogens with two attached hydrogens (primary N) is 1. The number of rotatable bonds is 3. The number of hydrogen-bond donors (Lipinski definition) is 1. The maximum absolute atomic E-state index is 6.19. The number of nitrogens with zero attached hydrogens (tertiary/aromatic N) is 2. The number of fused-ring (bicyclic) bond motifs is 1. The molecule has 0 saturated carbocycles. The lowest BCUT2D eigenvalue weighted by molar-refractivity contribution is 0.398. The van der Waals surface area contributed by atoms with Crippen LogP contribution in [0.3, 0.4) is 0 Å². The molecule has 0 bridgehead atoms. The molecule has 3 aromatic heterocycles. The molecule has 24 heavy (non-hydrogen) atoms. The summed E-state index contributed by atoms with van der Waals surface area (Å²) in [6.45, 7) is 0. The largest absolute Gasteiger partial charge is 0.481 e. The summed E-state index contributed by atoms with van der Waals surface area (Å²) in [4.78, 5) is 8.70. The van der Waals surface area contributed by atoms with Gasteiger partial charge in [0.05, 0.1) is 7.11 Å². The second-order valence-corrected chi connectivity index (χ2v) is 6.25. The van der Waals surface area contributed by atoms with E-state index >= 15 is 0 Å². The van der Waals surface area contributed by atoms with Gasteiger partial charge >= 0.3 is 0 Å². The number of pyridine rings is 2. The van der Waals surface area contributed by atoms with Crippen LogP contribution in [0.5, 0.6) is 5.88 Å². The van der Waals surface area contributed by atoms with Crippen molar-refractivity contribution in [3.63, 3.8) is 0 Å². The van der Waals surface area contributed by atoms with E-state index in [9.17, 15) is 0 Å². The Morgan fingerprint density at radius 2 is 1.75 bits per heavy atom. The number of benzene rings is 1. The van der Waals surface area contributed by atoms with E-state index in [1.54, 1.807) is 24.6 Å². The first-order valence-corrected chi connectivity index (χ1v) is 8.37. The van der Waals surface area contributed by atoms with Gasteiger partial charge in [-0.2, -0.15) is 0 Å². The van der Waals surface area contributed by atoms with Crippen molar-refractivity contribution in [2.45, 2.75) is 0 Å². The molecule has 0 spiro atoms. The van der Waals surface area contributed by atoms with Crippen LogP contribution in [-0.4, -0.2) is 17.1 Å². The summed E-state index contributed by atoms with van der Waals surface area (Å²) >= 11 is 1.68. The van der Waals surface area contributed by atoms with Crippen LogP contribution in [0.4, 0.5) is 5.82 Å². The molecule has 0 amide bonds. The minimum Gasteiger partial charge on any atom is -0.481 e. The lowest BCUT2D eigenvalue weighted by Gasteiger charge is -2.07. The molecule has 0 unspecified atom stereocenters. The zero-order chi connectivity index (χ0) is 16.5. The van der Waals surface area contributed by atoms with Crippen molar-refractivity contribution in [1.82, 2.24) is 9.97 Å². The third kappa shape index (κ3) is 2.39. The zero-order valence-electron chi connectivity index (χ0n) is 13.1. The van der Waals surface area contributed by atoms with Gasteiger partial charge < -0.3 is 10.5 Å². The fraction of sp³-hybridized carbons (Fsp3) is 0.0526. The number of nitrogen functional groups attached to an aromatic ring is 1. The first-order chi connectivity index (χ1) is 11.8. The molecule has 0 aliphatic heterocycles. The van der Waals surface area contributed by atoms with Gasteiger partial charge in [-0.05, 0) is 17.0 Å². The van der Waals surface area contributed by atoms with Gasteiger partial charge in [0.15, 0.2) is 0 Å². The summed E-state index contributed by atoms with van der Waals surface area (Å²) < 4.78 is 6.25. The number of methoxy groups -OCH3 is 1. The van der Waals surface area contributed by atoms with Gasteiger partial charge in [-0.15, -0.1) is 11.3 Å². The Morgan fingerprint density at radius 3 is 2.46 bits per heavy atom. The van der Waals surface area contributed by atoms with Crippen LogP contribution in [0, 0.1) is 0 Å². The minimum atomic E-state index is 0.551. The normalized spacial score (nSPS) is 10.9. The molecule has 3 heterocycles. The molecule has 4 rings (SSSR count). The van der Waals surface area contributed by atoms with E-state index in [-0.39, 0.29) is 0 Å². The first-order valence-electron chi connectivity index (χ1n) is 7.49. The lowest BCUT2D eigenvalue weighted by Crippen LogP contribution is -1.93. The van der Waals surface area contributed by atoms with E-state index in [1.165, 1.54) is 0 Å². The third-order valence-corrected chi connectivity index (χ3v) is 4.98. The molecule has 4 nitrogen and oxygen atoms in total. The van der Waals surface area contributed by atoms with Crippen molar-refractivity contribution in [1.29, 1.82) is 0 Å². The molecule has 0 aliphatic carbocycles. The van der Waals surface area contributed by atoms with Crippen molar-refractivity contribution in [3.8, 4) is 28.1 Å². The minimum absolute atomic E-state index is 0.551. The smallest absolute Gasteiger partial charge is 0.212 e. The van der Waals surface area contributed by atoms with Crippen LogP contribution in [0.15, 0.2) is 60.2 Å². The molecule has 118 valence electrons. The number of thiophene rings is 1. The lowest BCUT2D eigenvalue weighted by atomic mass is 10.0. The van der Waals surface area contributed by atoms with Crippen molar-refractivity contribution in [2.75, 3.05) is 12.8 Å². The van der Waals surface area contributed by atoms with E-state index < -0.39 is 0 Å². The average molecular weight is 333 g/mol. The van der Waals surface area contributed by atoms with Crippen molar-refractivity contribution < 1.29 is 4.74 Å². The average Bonchev–Trinajstić information content (AvgIpc) is 3.09. The standard InChI is InChI=1S/C19H15N3OS/c1-23-16-8-7-13(9-21-16)14-10-22-19(20)17-15(11-24-18(14)17)12-5-3-2-4-6-12/h2-11H,1H3,(H2,20,22). The Morgan fingerprint density at radius 1 is 0.917 bits per heavy atom. The van der Waals surface area contributed by atoms with Crippen LogP contribution in [-0.2, 0) is 0 Å². The van der Waals surface area contributed by atoms with Crippen LogP contribution in [0.25, 0.3) is 32.3 Å². The fourth-order valence-corrected chi connectivity index (χ4v) is 3.88. The van der Waals surface area contributed by atoms with Crippen LogP contribution in [0.1, 0.15) is 0 Å². The monoisotopic (exact) mass is 333 g/mol. The Balaban J connectivity index is 1.92. The van der Waals surface area contributed by atoms with Crippen molar-refractivity contribution >= 4 is 27.2 Å². The molecule has 0 fully saturated rings. The highest BCUT2D eigenvalue weighted by molar-refractivity contribution is 7.18. The summed E-state index contributed by atoms with van der Waals surface area (Å²) in [5, 5.41) is 3.14. The number of aromatic nitrogens is 2. The molecule has 4 aromatic rings. The highest BCUT2D eigenvalue weighted by Crippen LogP contribution is 2.41. The third-order valence-electron chi connectivity index (χ3n) is 3.97. The van der Waals surface area contributed by atoms with Crippen molar-refractivity contribution in [2.24, 2.45) is 0 Å². The van der Waals surface area contributed by atoms with E-state index in [1.807, 2.05) is 36.5 Å². The predicted octanol–water partition coefficient (Wildman–Crippen LogP) is 4.62. The Kier molecular flexibility index (Phi) is 3.63. The van der Waals surface area contributed by atoms with Gasteiger partial charge in [0.1, 0.15) is 5.82 Å². The number of ether oxygens (including phenoxy) is 1. The SMILES string of the molecule is COc1ccc(-c2cnc(N)c3c(-c4ccccc4)csc23)cn1. The van der Waals surface area contributed by atoms with E-state index in [0.717, 1.165) is 32.3 Å². The maximum Gasteiger partial charge on any atom is 0.212 e. The maximum atomic E-state index is 6.19. The molecule has 0 aliphatic rings. The molecule has 0 radical (unpaired) electrons. The highest BCUT2D eigenvalue weighted by atomic mass is 32.1. The molecule has 5 heteroatoms. The number of hydrogen-bond acceptors (Lipinski definition) is 5. The zero-order valence-corrected chi connectivity index (χ0v) is 13.9. The first kappa shape index (κ1) is 14.7. The van der Waals surface area contributed by atoms with E-state index in [0.29, 0.717) is 11.7 Å². The molecule has 0 saturated heterocycles. The van der Waals surface area contributed by atoms with Gasteiger partial charge in [0, 0.05) is 45.2 Å². The number of anilines is 1. The Hall–Kier alpha value is -2.92. The fourth-order valence-electron chi connectivity index (χ4n) is 2.76. The summed E-state index contributed by atoms with van der Waals surface area (Å²) in [6.07, 6.45) is 3.61. The van der Waals surface area contributed by atoms with Crippen molar-refractivity contribution in [3.05, 3.63) is 60.2 Å². The van der Waals surface area contributed by atoms with Crippen LogP contribution < -0.4 is 10.5 Å². The summed E-state index contributed by atoms with van der Waals surface area (Å²) in [7, 11) is 1.61.